The van der Waals surface area contributed by atoms with Crippen molar-refractivity contribution in [3.63, 3.8) is 0 Å². The maximum Gasteiger partial charge on any atom is 0.255 e. The molecule has 7 heteroatoms. The molecule has 2 aromatic carbocycles. The Morgan fingerprint density at radius 3 is 2.66 bits per heavy atom. The predicted molar refractivity (Wildman–Crippen MR) is 111 cm³/mol. The van der Waals surface area contributed by atoms with Crippen molar-refractivity contribution < 1.29 is 9.53 Å². The Bertz CT molecular complexity index is 1180. The summed E-state index contributed by atoms with van der Waals surface area (Å²) in [5.74, 6) is 0.956. The highest BCUT2D eigenvalue weighted by Crippen LogP contribution is 2.23. The Balaban J connectivity index is 1.45. The quantitative estimate of drug-likeness (QED) is 0.545. The minimum atomic E-state index is -0.234. The first-order chi connectivity index (χ1) is 14.0. The van der Waals surface area contributed by atoms with Gasteiger partial charge < -0.3 is 10.1 Å². The number of nitrogens with one attached hydrogen (secondary N) is 1. The van der Waals surface area contributed by atoms with Crippen LogP contribution < -0.4 is 10.1 Å². The zero-order valence-electron chi connectivity index (χ0n) is 16.5. The molecule has 4 rings (SSSR count). The van der Waals surface area contributed by atoms with Gasteiger partial charge in [-0.15, -0.1) is 5.10 Å². The first-order valence-corrected chi connectivity index (χ1v) is 9.39. The molecule has 4 aromatic rings. The summed E-state index contributed by atoms with van der Waals surface area (Å²) in [6.45, 7) is 6.81. The van der Waals surface area contributed by atoms with Crippen molar-refractivity contribution in [1.82, 2.24) is 20.0 Å². The molecule has 0 fully saturated rings. The van der Waals surface area contributed by atoms with Crippen molar-refractivity contribution in [2.75, 3.05) is 5.32 Å². The monoisotopic (exact) mass is 387 g/mol. The molecule has 0 bridgehead atoms. The predicted octanol–water partition coefficient (Wildman–Crippen LogP) is 4.51. The van der Waals surface area contributed by atoms with Crippen LogP contribution in [0.2, 0.25) is 0 Å². The van der Waals surface area contributed by atoms with Gasteiger partial charge in [0.05, 0.1) is 17.4 Å². The van der Waals surface area contributed by atoms with E-state index in [1.54, 1.807) is 35.1 Å². The molecule has 2 aromatic heterocycles. The second kappa shape index (κ2) is 7.71. The zero-order valence-corrected chi connectivity index (χ0v) is 16.5. The van der Waals surface area contributed by atoms with Crippen LogP contribution in [0.1, 0.15) is 28.4 Å². The zero-order chi connectivity index (χ0) is 20.4. The maximum atomic E-state index is 12.6. The number of aromatic nitrogens is 4. The standard InChI is InChI=1S/C22H21N5O2/c1-4-27-20-9-6-16(12-19(20)25-26-27)22(28)24-17-7-10-21(23-13-17)29-18-8-5-14(2)15(3)11-18/h5-13H,4H2,1-3H3,(H,24,28). The smallest absolute Gasteiger partial charge is 0.255 e. The summed E-state index contributed by atoms with van der Waals surface area (Å²) in [5, 5.41) is 11.0. The van der Waals surface area contributed by atoms with E-state index in [1.165, 1.54) is 5.56 Å². The SMILES string of the molecule is CCn1nnc2cc(C(=O)Nc3ccc(Oc4ccc(C)c(C)c4)nc3)ccc21. The average molecular weight is 387 g/mol. The van der Waals surface area contributed by atoms with Crippen molar-refractivity contribution in [2.24, 2.45) is 0 Å². The molecule has 1 N–H and O–H groups in total. The minimum Gasteiger partial charge on any atom is -0.439 e. The average Bonchev–Trinajstić information content (AvgIpc) is 3.14. The van der Waals surface area contributed by atoms with E-state index in [-0.39, 0.29) is 5.91 Å². The van der Waals surface area contributed by atoms with E-state index in [9.17, 15) is 4.79 Å². The van der Waals surface area contributed by atoms with Gasteiger partial charge in [-0.25, -0.2) is 9.67 Å². The number of hydrogen-bond donors (Lipinski definition) is 1. The van der Waals surface area contributed by atoms with Gasteiger partial charge in [0.2, 0.25) is 5.88 Å². The van der Waals surface area contributed by atoms with Gasteiger partial charge in [-0.2, -0.15) is 0 Å². The third kappa shape index (κ3) is 3.94. The summed E-state index contributed by atoms with van der Waals surface area (Å²) in [6.07, 6.45) is 1.57. The molecule has 0 radical (unpaired) electrons. The fraction of sp³-hybridized carbons (Fsp3) is 0.182. The van der Waals surface area contributed by atoms with Crippen LogP contribution in [0.5, 0.6) is 11.6 Å². The molecule has 0 unspecified atom stereocenters. The molecule has 0 saturated heterocycles. The van der Waals surface area contributed by atoms with Crippen molar-refractivity contribution in [2.45, 2.75) is 27.3 Å². The lowest BCUT2D eigenvalue weighted by molar-refractivity contribution is 0.102. The van der Waals surface area contributed by atoms with Crippen LogP contribution in [-0.2, 0) is 6.54 Å². The van der Waals surface area contributed by atoms with Crippen LogP contribution >= 0.6 is 0 Å². The van der Waals surface area contributed by atoms with E-state index in [2.05, 4.69) is 27.5 Å². The molecule has 0 aliphatic rings. The van der Waals surface area contributed by atoms with Gasteiger partial charge in [0.15, 0.2) is 0 Å². The molecule has 0 saturated carbocycles. The van der Waals surface area contributed by atoms with E-state index < -0.39 is 0 Å². The second-order valence-electron chi connectivity index (χ2n) is 6.80. The van der Waals surface area contributed by atoms with Crippen LogP contribution in [0.3, 0.4) is 0 Å². The Morgan fingerprint density at radius 1 is 1.07 bits per heavy atom. The van der Waals surface area contributed by atoms with Gasteiger partial charge in [-0.3, -0.25) is 4.79 Å². The summed E-state index contributed by atoms with van der Waals surface area (Å²) in [5.41, 5.74) is 5.05. The summed E-state index contributed by atoms with van der Waals surface area (Å²) < 4.78 is 7.57. The van der Waals surface area contributed by atoms with Gasteiger partial charge in [-0.1, -0.05) is 11.3 Å². The van der Waals surface area contributed by atoms with Gasteiger partial charge >= 0.3 is 0 Å². The van der Waals surface area contributed by atoms with Crippen LogP contribution in [-0.4, -0.2) is 25.9 Å². The molecular weight excluding hydrogens is 366 g/mol. The van der Waals surface area contributed by atoms with Crippen LogP contribution in [0.25, 0.3) is 11.0 Å². The van der Waals surface area contributed by atoms with E-state index >= 15 is 0 Å². The summed E-state index contributed by atoms with van der Waals surface area (Å²) in [7, 11) is 0. The number of ether oxygens (including phenoxy) is 1. The van der Waals surface area contributed by atoms with E-state index in [4.69, 9.17) is 4.74 Å². The molecule has 146 valence electrons. The fourth-order valence-corrected chi connectivity index (χ4v) is 2.96. The first kappa shape index (κ1) is 18.6. The number of benzene rings is 2. The lowest BCUT2D eigenvalue weighted by Gasteiger charge is -2.09. The molecular formula is C22H21N5O2. The third-order valence-corrected chi connectivity index (χ3v) is 4.77. The maximum absolute atomic E-state index is 12.6. The van der Waals surface area contributed by atoms with Crippen molar-refractivity contribution in [1.29, 1.82) is 0 Å². The van der Waals surface area contributed by atoms with Crippen molar-refractivity contribution in [3.8, 4) is 11.6 Å². The lowest BCUT2D eigenvalue weighted by Crippen LogP contribution is -2.12. The topological polar surface area (TPSA) is 81.9 Å². The van der Waals surface area contributed by atoms with Crippen molar-refractivity contribution in [3.05, 3.63) is 71.4 Å². The molecule has 2 heterocycles. The molecule has 29 heavy (non-hydrogen) atoms. The Morgan fingerprint density at radius 2 is 1.93 bits per heavy atom. The fourth-order valence-electron chi connectivity index (χ4n) is 2.96. The number of carbonyl (C=O) groups is 1. The van der Waals surface area contributed by atoms with Crippen LogP contribution in [0.4, 0.5) is 5.69 Å². The first-order valence-electron chi connectivity index (χ1n) is 9.39. The highest BCUT2D eigenvalue weighted by molar-refractivity contribution is 6.05. The van der Waals surface area contributed by atoms with Gasteiger partial charge in [0.1, 0.15) is 11.3 Å². The number of fused-ring (bicyclic) bond motifs is 1. The van der Waals surface area contributed by atoms with Gasteiger partial charge in [-0.05, 0) is 68.3 Å². The van der Waals surface area contributed by atoms with Crippen LogP contribution in [0, 0.1) is 13.8 Å². The normalized spacial score (nSPS) is 10.9. The Kier molecular flexibility index (Phi) is 4.95. The van der Waals surface area contributed by atoms with Crippen molar-refractivity contribution >= 4 is 22.6 Å². The molecule has 0 spiro atoms. The number of rotatable bonds is 5. The lowest BCUT2D eigenvalue weighted by atomic mass is 10.1. The second-order valence-corrected chi connectivity index (χ2v) is 6.80. The number of anilines is 1. The molecule has 0 atom stereocenters. The largest absolute Gasteiger partial charge is 0.439 e. The van der Waals surface area contributed by atoms with Crippen LogP contribution in [0.15, 0.2) is 54.7 Å². The molecule has 0 aliphatic heterocycles. The van der Waals surface area contributed by atoms with Gasteiger partial charge in [0.25, 0.3) is 5.91 Å². The number of hydrogen-bond acceptors (Lipinski definition) is 5. The third-order valence-electron chi connectivity index (χ3n) is 4.77. The molecule has 0 aliphatic carbocycles. The number of pyridine rings is 1. The van der Waals surface area contributed by atoms with E-state index in [1.807, 2.05) is 38.1 Å². The summed E-state index contributed by atoms with van der Waals surface area (Å²) in [4.78, 5) is 16.8. The number of nitrogens with zero attached hydrogens (tertiary/aromatic N) is 4. The summed E-state index contributed by atoms with van der Waals surface area (Å²) >= 11 is 0. The van der Waals surface area contributed by atoms with E-state index in [0.717, 1.165) is 23.4 Å². The Hall–Kier alpha value is -3.74. The minimum absolute atomic E-state index is 0.234. The number of aryl methyl sites for hydroxylation is 3. The number of amides is 1. The van der Waals surface area contributed by atoms with Gasteiger partial charge in [0, 0.05) is 18.2 Å². The van der Waals surface area contributed by atoms with E-state index in [0.29, 0.717) is 22.6 Å². The molecule has 1 amide bonds. The highest BCUT2D eigenvalue weighted by Gasteiger charge is 2.11. The number of carbonyl (C=O) groups excluding carboxylic acids is 1. The summed E-state index contributed by atoms with van der Waals surface area (Å²) in [6, 6.07) is 14.7. The highest BCUT2D eigenvalue weighted by atomic mass is 16.5. The Labute approximate surface area is 168 Å². The molecule has 7 nitrogen and oxygen atoms in total.